The summed E-state index contributed by atoms with van der Waals surface area (Å²) in [6.07, 6.45) is 0.178. The number of methoxy groups -OCH3 is 1. The number of hydrogen-bond donors (Lipinski definition) is 7. The average Bonchev–Trinajstić information content (AvgIpc) is 4.12. The van der Waals surface area contributed by atoms with Crippen LogP contribution in [0.3, 0.4) is 0 Å². The molecule has 0 saturated heterocycles. The first-order chi connectivity index (χ1) is 37.5. The van der Waals surface area contributed by atoms with Crippen molar-refractivity contribution in [1.82, 2.24) is 14.4 Å². The Balaban J connectivity index is 1.26. The molecule has 3 aromatic heterocycles. The second-order valence-corrected chi connectivity index (χ2v) is 22.0. The molecule has 0 aliphatic rings. The van der Waals surface area contributed by atoms with Crippen LogP contribution in [0.1, 0.15) is 24.0 Å². The molecule has 35 heteroatoms. The summed E-state index contributed by atoms with van der Waals surface area (Å²) in [5.41, 5.74) is 0.725. The van der Waals surface area contributed by atoms with E-state index >= 15 is 0 Å². The van der Waals surface area contributed by atoms with Crippen molar-refractivity contribution in [3.05, 3.63) is 83.9 Å². The lowest BCUT2D eigenvalue weighted by atomic mass is 10.1. The first kappa shape index (κ1) is 57.4. The third kappa shape index (κ3) is 13.2. The van der Waals surface area contributed by atoms with E-state index in [9.17, 15) is 41.4 Å². The highest BCUT2D eigenvalue weighted by molar-refractivity contribution is 7.95. The normalized spacial score (nSPS) is 12.4. The number of imidazole rings is 1. The Morgan fingerprint density at radius 2 is 1.50 bits per heavy atom. The first-order valence-corrected chi connectivity index (χ1v) is 28.0. The molecule has 0 fully saturated rings. The summed E-state index contributed by atoms with van der Waals surface area (Å²) in [6.45, 7) is 1.54. The molecule has 0 atom stereocenters. The van der Waals surface area contributed by atoms with Gasteiger partial charge in [0.25, 0.3) is 20.2 Å². The van der Waals surface area contributed by atoms with Crippen molar-refractivity contribution in [3.8, 4) is 23.4 Å². The number of phenolic OH excluding ortho intramolecular Hbond substituents is 1. The van der Waals surface area contributed by atoms with Gasteiger partial charge < -0.3 is 19.8 Å². The molecule has 0 spiro atoms. The van der Waals surface area contributed by atoms with Crippen molar-refractivity contribution in [2.75, 3.05) is 36.6 Å². The predicted octanol–water partition coefficient (Wildman–Crippen LogP) is 11.7. The van der Waals surface area contributed by atoms with Crippen LogP contribution < -0.4 is 9.64 Å². The number of benzene rings is 5. The molecule has 8 aromatic rings. The van der Waals surface area contributed by atoms with Crippen LogP contribution in [0.15, 0.2) is 118 Å². The molecular weight excluding hydrogens is 1150 g/mol. The molecule has 0 aliphatic carbocycles. The lowest BCUT2D eigenvalue weighted by Gasteiger charge is -2.26. The molecule has 8 rings (SSSR count). The minimum atomic E-state index is -5.13. The molecule has 0 radical (unpaired) electrons. The third-order valence-corrected chi connectivity index (χ3v) is 15.5. The second kappa shape index (κ2) is 25.3. The zero-order valence-electron chi connectivity index (χ0n) is 39.7. The van der Waals surface area contributed by atoms with Crippen LogP contribution in [-0.2, 0) is 48.4 Å². The SMILES string of the molecule is COc1cc(N=Nc2c(SOOO)cc3cc(S(=O)(=O)O)c(N=Nc4c(C)c(C#N)c5nc6ccccc6n5c4O)cc3c2O)c(N(CCCSOOO)CCCS(=O)(=O)O)cc1N=Nc1nc2ccc(SOOO)cc2s1. The topological polar surface area (TPSA) is 406 Å². The van der Waals surface area contributed by atoms with Gasteiger partial charge in [0, 0.05) is 52.8 Å². The van der Waals surface area contributed by atoms with E-state index < -0.39 is 53.9 Å². The van der Waals surface area contributed by atoms with Crippen LogP contribution in [0, 0.1) is 18.3 Å². The fourth-order valence-corrected chi connectivity index (χ4v) is 11.0. The number of anilines is 1. The minimum absolute atomic E-state index is 0.0140. The van der Waals surface area contributed by atoms with E-state index in [1.807, 2.05) is 0 Å². The molecule has 3 heterocycles. The monoisotopic (exact) mass is 1190 g/mol. The summed E-state index contributed by atoms with van der Waals surface area (Å²) in [5, 5.41) is 97.1. The first-order valence-electron chi connectivity index (χ1n) is 21.8. The molecule has 0 unspecified atom stereocenters. The number of azo groups is 3. The predicted molar refractivity (Wildman–Crippen MR) is 281 cm³/mol. The van der Waals surface area contributed by atoms with E-state index in [1.165, 1.54) is 36.6 Å². The number of ether oxygens (including phenoxy) is 1. The summed E-state index contributed by atoms with van der Waals surface area (Å²) < 4.78 is 91.1. The zero-order valence-corrected chi connectivity index (χ0v) is 44.6. The highest BCUT2D eigenvalue weighted by atomic mass is 32.2. The molecule has 78 heavy (non-hydrogen) atoms. The number of rotatable bonds is 25. The number of aromatic hydroxyl groups is 2. The van der Waals surface area contributed by atoms with Crippen molar-refractivity contribution in [3.63, 3.8) is 0 Å². The molecule has 408 valence electrons. The number of hydrogen-bond acceptors (Lipinski definition) is 30. The standard InChI is InChI=1S/C43H37N11O18S6/c1-22-26(21-44)41-45-27-7-3-4-8-32(27)54(41)42(56)38(22)50-49-31-18-25-23(16-37(31)78(63,64)65)15-36(76-72-69-59)39(40(25)55)51-47-29-20-34(66-2)30(48-52-43-46-28-10-9-24(75-71-68-58)17-35(28)74-43)19-33(29)53(11-5-13-73-70-67-57)12-6-14-77(60,61)62/h3-4,7-10,15-20,55-59H,5-6,11-14H2,1-2H3,(H,60,61,62)(H,63,64,65). The Labute approximate surface area is 455 Å². The van der Waals surface area contributed by atoms with Crippen LogP contribution >= 0.6 is 47.5 Å². The Hall–Kier alpha value is -6.80. The number of fused-ring (bicyclic) bond motifs is 5. The van der Waals surface area contributed by atoms with Gasteiger partial charge >= 0.3 is 0 Å². The number of nitrogens with zero attached hydrogens (tertiary/aromatic N) is 11. The van der Waals surface area contributed by atoms with Crippen LogP contribution in [0.2, 0.25) is 0 Å². The number of nitriles is 1. The van der Waals surface area contributed by atoms with Crippen LogP contribution in [-0.4, -0.2) is 98.0 Å². The van der Waals surface area contributed by atoms with E-state index in [0.717, 1.165) is 47.6 Å². The molecular formula is C43H37N11O18S6. The second-order valence-electron chi connectivity index (χ2n) is 15.8. The number of thiazole rings is 1. The fourth-order valence-electron chi connectivity index (χ4n) is 7.71. The molecule has 0 amide bonds. The molecule has 0 aliphatic heterocycles. The number of phenols is 1. The van der Waals surface area contributed by atoms with E-state index in [2.05, 4.69) is 70.5 Å². The molecule has 7 N–H and O–H groups in total. The number of aromatic nitrogens is 3. The van der Waals surface area contributed by atoms with Gasteiger partial charge in [-0.2, -0.15) is 22.1 Å². The van der Waals surface area contributed by atoms with Gasteiger partial charge in [-0.05, 0) is 79.7 Å². The molecule has 0 saturated carbocycles. The van der Waals surface area contributed by atoms with Crippen molar-refractivity contribution in [2.24, 2.45) is 30.7 Å². The van der Waals surface area contributed by atoms with Crippen LogP contribution in [0.4, 0.5) is 39.3 Å². The fraction of sp³-hybridized carbons (Fsp3) is 0.186. The molecule has 5 aromatic carbocycles. The lowest BCUT2D eigenvalue weighted by molar-refractivity contribution is -0.432. The number of para-hydroxylation sites is 2. The van der Waals surface area contributed by atoms with Gasteiger partial charge in [-0.1, -0.05) is 38.6 Å². The molecule has 29 nitrogen and oxygen atoms in total. The Kier molecular flexibility index (Phi) is 18.6. The summed E-state index contributed by atoms with van der Waals surface area (Å²) in [7, 11) is -8.24. The summed E-state index contributed by atoms with van der Waals surface area (Å²) in [4.78, 5) is 10.2. The maximum absolute atomic E-state index is 12.9. The quantitative estimate of drug-likeness (QED) is 0.00698. The van der Waals surface area contributed by atoms with E-state index in [-0.39, 0.29) is 91.3 Å². The largest absolute Gasteiger partial charge is 0.505 e. The van der Waals surface area contributed by atoms with Gasteiger partial charge in [0.2, 0.25) is 11.0 Å². The highest BCUT2D eigenvalue weighted by Crippen LogP contribution is 2.49. The van der Waals surface area contributed by atoms with Crippen molar-refractivity contribution in [1.29, 1.82) is 5.26 Å². The van der Waals surface area contributed by atoms with Gasteiger partial charge in [-0.15, -0.1) is 43.7 Å². The Bertz CT molecular complexity index is 3930. The Morgan fingerprint density at radius 3 is 2.23 bits per heavy atom. The zero-order chi connectivity index (χ0) is 55.7. The van der Waals surface area contributed by atoms with Crippen LogP contribution in [0.5, 0.6) is 17.4 Å². The molecule has 0 bridgehead atoms. The van der Waals surface area contributed by atoms with E-state index in [4.69, 9.17) is 24.8 Å². The highest BCUT2D eigenvalue weighted by Gasteiger charge is 2.25. The van der Waals surface area contributed by atoms with E-state index in [1.54, 1.807) is 47.4 Å². The average molecular weight is 1190 g/mol. The van der Waals surface area contributed by atoms with Crippen molar-refractivity contribution in [2.45, 2.75) is 34.5 Å². The van der Waals surface area contributed by atoms with Crippen molar-refractivity contribution < 1.29 is 84.8 Å². The Morgan fingerprint density at radius 1 is 0.782 bits per heavy atom. The maximum atomic E-state index is 12.9. The number of pyridine rings is 1. The van der Waals surface area contributed by atoms with E-state index in [0.29, 0.717) is 44.6 Å². The smallest absolute Gasteiger partial charge is 0.296 e. The lowest BCUT2D eigenvalue weighted by Crippen LogP contribution is -2.27. The van der Waals surface area contributed by atoms with Gasteiger partial charge in [0.1, 0.15) is 45.0 Å². The summed E-state index contributed by atoms with van der Waals surface area (Å²) in [5.74, 6) is -1.58. The summed E-state index contributed by atoms with van der Waals surface area (Å²) >= 11 is 2.95. The maximum Gasteiger partial charge on any atom is 0.296 e. The van der Waals surface area contributed by atoms with Gasteiger partial charge in [-0.25, -0.2) is 25.7 Å². The van der Waals surface area contributed by atoms with Gasteiger partial charge in [-0.3, -0.25) is 13.5 Å². The van der Waals surface area contributed by atoms with Crippen LogP contribution in [0.25, 0.3) is 37.7 Å². The minimum Gasteiger partial charge on any atom is -0.505 e. The van der Waals surface area contributed by atoms with Gasteiger partial charge in [0.15, 0.2) is 17.1 Å². The van der Waals surface area contributed by atoms with Gasteiger partial charge in [0.05, 0.1) is 68.8 Å². The third-order valence-electron chi connectivity index (χ3n) is 11.1. The van der Waals surface area contributed by atoms with Crippen molar-refractivity contribution >= 4 is 145 Å². The summed E-state index contributed by atoms with van der Waals surface area (Å²) in [6, 6.07) is 19.9.